The maximum Gasteiger partial charge on any atom is 0.260 e. The van der Waals surface area contributed by atoms with E-state index in [9.17, 15) is 9.90 Å². The SMILES string of the molecule is Cc1cc2c(cc1Cc1ccc(Cl)nc1)C(=O)N([C@H]1CCC[C@@H]1O)CO2. The van der Waals surface area contributed by atoms with E-state index in [-0.39, 0.29) is 18.7 Å². The van der Waals surface area contributed by atoms with Crippen LogP contribution in [0.25, 0.3) is 0 Å². The molecule has 2 aromatic rings. The Morgan fingerprint density at radius 3 is 2.88 bits per heavy atom. The maximum atomic E-state index is 13.0. The number of carbonyl (C=O) groups is 1. The van der Waals surface area contributed by atoms with Gasteiger partial charge in [0.2, 0.25) is 0 Å². The first-order valence-corrected chi connectivity index (χ1v) is 9.26. The maximum absolute atomic E-state index is 13.0. The lowest BCUT2D eigenvalue weighted by Crippen LogP contribution is -2.48. The standard InChI is InChI=1S/C20H21ClN2O3/c1-12-7-18-15(9-14(12)8-13-5-6-19(21)22-10-13)20(25)23(11-26-18)16-3-2-4-17(16)24/h5-7,9-10,16-17,24H,2-4,8,11H2,1H3/t16-,17-/m0/s1. The monoisotopic (exact) mass is 372 g/mol. The lowest BCUT2D eigenvalue weighted by molar-refractivity contribution is 0.0127. The minimum atomic E-state index is -0.464. The van der Waals surface area contributed by atoms with E-state index in [1.54, 1.807) is 17.2 Å². The van der Waals surface area contributed by atoms with Crippen molar-refractivity contribution in [3.05, 3.63) is 57.9 Å². The smallest absolute Gasteiger partial charge is 0.260 e. The molecule has 26 heavy (non-hydrogen) atoms. The second-order valence-electron chi connectivity index (χ2n) is 7.05. The predicted octanol–water partition coefficient (Wildman–Crippen LogP) is 3.34. The summed E-state index contributed by atoms with van der Waals surface area (Å²) in [7, 11) is 0. The molecule has 1 aromatic carbocycles. The molecule has 136 valence electrons. The molecule has 2 atom stereocenters. The Hall–Kier alpha value is -2.11. The third kappa shape index (κ3) is 3.17. The first kappa shape index (κ1) is 17.3. The lowest BCUT2D eigenvalue weighted by atomic mass is 9.97. The van der Waals surface area contributed by atoms with Crippen LogP contribution in [-0.4, -0.2) is 39.8 Å². The molecular weight excluding hydrogens is 352 g/mol. The van der Waals surface area contributed by atoms with E-state index >= 15 is 0 Å². The molecule has 1 aliphatic carbocycles. The van der Waals surface area contributed by atoms with Gasteiger partial charge in [-0.05, 0) is 67.5 Å². The van der Waals surface area contributed by atoms with Gasteiger partial charge in [0.15, 0.2) is 6.73 Å². The van der Waals surface area contributed by atoms with Crippen molar-refractivity contribution in [2.75, 3.05) is 6.73 Å². The quantitative estimate of drug-likeness (QED) is 0.839. The molecule has 4 rings (SSSR count). The number of ether oxygens (including phenoxy) is 1. The molecule has 0 saturated heterocycles. The van der Waals surface area contributed by atoms with Crippen LogP contribution in [0.4, 0.5) is 0 Å². The molecule has 0 bridgehead atoms. The molecular formula is C20H21ClN2O3. The number of rotatable bonds is 3. The molecule has 5 nitrogen and oxygen atoms in total. The second kappa shape index (κ2) is 6.89. The Morgan fingerprint density at radius 2 is 2.19 bits per heavy atom. The summed E-state index contributed by atoms with van der Waals surface area (Å²) in [6.45, 7) is 2.22. The minimum Gasteiger partial charge on any atom is -0.472 e. The van der Waals surface area contributed by atoms with E-state index in [1.165, 1.54) is 0 Å². The Kier molecular flexibility index (Phi) is 4.59. The van der Waals surface area contributed by atoms with Gasteiger partial charge in [0, 0.05) is 6.20 Å². The number of benzene rings is 1. The van der Waals surface area contributed by atoms with Crippen molar-refractivity contribution in [3.63, 3.8) is 0 Å². The fourth-order valence-electron chi connectivity index (χ4n) is 3.82. The van der Waals surface area contributed by atoms with Crippen molar-refractivity contribution in [1.82, 2.24) is 9.88 Å². The number of hydrogen-bond acceptors (Lipinski definition) is 4. The van der Waals surface area contributed by atoms with E-state index in [0.717, 1.165) is 36.0 Å². The number of fused-ring (bicyclic) bond motifs is 1. The molecule has 1 fully saturated rings. The van der Waals surface area contributed by atoms with Crippen molar-refractivity contribution in [2.24, 2.45) is 0 Å². The number of aromatic nitrogens is 1. The summed E-state index contributed by atoms with van der Waals surface area (Å²) in [6, 6.07) is 7.39. The number of amides is 1. The van der Waals surface area contributed by atoms with Crippen LogP contribution in [0.3, 0.4) is 0 Å². The van der Waals surface area contributed by atoms with Gasteiger partial charge in [-0.2, -0.15) is 0 Å². The highest BCUT2D eigenvalue weighted by molar-refractivity contribution is 6.29. The Morgan fingerprint density at radius 1 is 1.35 bits per heavy atom. The molecule has 1 aliphatic heterocycles. The van der Waals surface area contributed by atoms with E-state index < -0.39 is 6.10 Å². The highest BCUT2D eigenvalue weighted by Gasteiger charge is 2.37. The van der Waals surface area contributed by atoms with Crippen LogP contribution < -0.4 is 4.74 Å². The third-order valence-electron chi connectivity index (χ3n) is 5.32. The topological polar surface area (TPSA) is 62.7 Å². The predicted molar refractivity (Wildman–Crippen MR) is 98.5 cm³/mol. The van der Waals surface area contributed by atoms with Crippen molar-refractivity contribution in [2.45, 2.75) is 44.8 Å². The fourth-order valence-corrected chi connectivity index (χ4v) is 3.93. The van der Waals surface area contributed by atoms with Crippen LogP contribution in [0.5, 0.6) is 5.75 Å². The Bertz CT molecular complexity index is 838. The normalized spacial score (nSPS) is 22.3. The zero-order valence-electron chi connectivity index (χ0n) is 14.6. The van der Waals surface area contributed by atoms with Crippen LogP contribution in [0.1, 0.15) is 46.3 Å². The molecule has 1 saturated carbocycles. The molecule has 1 aromatic heterocycles. The summed E-state index contributed by atoms with van der Waals surface area (Å²) in [5.41, 5.74) is 3.72. The number of aliphatic hydroxyl groups is 1. The molecule has 6 heteroatoms. The van der Waals surface area contributed by atoms with Crippen molar-refractivity contribution < 1.29 is 14.6 Å². The van der Waals surface area contributed by atoms with E-state index in [4.69, 9.17) is 16.3 Å². The van der Waals surface area contributed by atoms with Crippen LogP contribution in [0.2, 0.25) is 5.15 Å². The van der Waals surface area contributed by atoms with Gasteiger partial charge in [-0.3, -0.25) is 9.69 Å². The number of pyridine rings is 1. The van der Waals surface area contributed by atoms with Gasteiger partial charge in [-0.15, -0.1) is 0 Å². The van der Waals surface area contributed by atoms with Crippen LogP contribution >= 0.6 is 11.6 Å². The first-order valence-electron chi connectivity index (χ1n) is 8.88. The average molecular weight is 373 g/mol. The number of aryl methyl sites for hydroxylation is 1. The molecule has 1 amide bonds. The summed E-state index contributed by atoms with van der Waals surface area (Å²) < 4.78 is 5.83. The average Bonchev–Trinajstić information content (AvgIpc) is 3.04. The Balaban J connectivity index is 1.63. The van der Waals surface area contributed by atoms with Gasteiger partial charge in [0.1, 0.15) is 10.9 Å². The fraction of sp³-hybridized carbons (Fsp3) is 0.400. The summed E-state index contributed by atoms with van der Waals surface area (Å²) in [5.74, 6) is 0.557. The van der Waals surface area contributed by atoms with Crippen molar-refractivity contribution in [1.29, 1.82) is 0 Å². The number of halogens is 1. The van der Waals surface area contributed by atoms with E-state index in [0.29, 0.717) is 22.9 Å². The van der Waals surface area contributed by atoms with Gasteiger partial charge in [0.05, 0.1) is 17.7 Å². The zero-order valence-corrected chi connectivity index (χ0v) is 15.4. The lowest BCUT2D eigenvalue weighted by Gasteiger charge is -2.35. The van der Waals surface area contributed by atoms with Crippen molar-refractivity contribution in [3.8, 4) is 5.75 Å². The number of nitrogens with zero attached hydrogens (tertiary/aromatic N) is 2. The molecule has 2 aliphatic rings. The van der Waals surface area contributed by atoms with Gasteiger partial charge in [0.25, 0.3) is 5.91 Å². The minimum absolute atomic E-state index is 0.0623. The highest BCUT2D eigenvalue weighted by atomic mass is 35.5. The summed E-state index contributed by atoms with van der Waals surface area (Å²) in [6.07, 6.45) is 4.45. The molecule has 2 heterocycles. The molecule has 0 spiro atoms. The van der Waals surface area contributed by atoms with Crippen LogP contribution in [0, 0.1) is 6.92 Å². The van der Waals surface area contributed by atoms with Crippen LogP contribution in [-0.2, 0) is 6.42 Å². The highest BCUT2D eigenvalue weighted by Crippen LogP contribution is 2.33. The Labute approximate surface area is 157 Å². The second-order valence-corrected chi connectivity index (χ2v) is 7.44. The third-order valence-corrected chi connectivity index (χ3v) is 5.54. The van der Waals surface area contributed by atoms with Crippen molar-refractivity contribution >= 4 is 17.5 Å². The molecule has 0 radical (unpaired) electrons. The van der Waals surface area contributed by atoms with E-state index in [1.807, 2.05) is 25.1 Å². The number of carbonyl (C=O) groups excluding carboxylic acids is 1. The summed E-state index contributed by atoms with van der Waals surface area (Å²) in [4.78, 5) is 18.8. The number of aliphatic hydroxyl groups excluding tert-OH is 1. The van der Waals surface area contributed by atoms with Gasteiger partial charge < -0.3 is 9.84 Å². The molecule has 0 unspecified atom stereocenters. The first-order chi connectivity index (χ1) is 12.5. The van der Waals surface area contributed by atoms with Gasteiger partial charge in [-0.1, -0.05) is 17.7 Å². The number of hydrogen-bond donors (Lipinski definition) is 1. The zero-order chi connectivity index (χ0) is 18.3. The summed E-state index contributed by atoms with van der Waals surface area (Å²) in [5, 5.41) is 10.6. The van der Waals surface area contributed by atoms with Gasteiger partial charge >= 0.3 is 0 Å². The molecule has 1 N–H and O–H groups in total. The van der Waals surface area contributed by atoms with E-state index in [2.05, 4.69) is 4.98 Å². The van der Waals surface area contributed by atoms with Gasteiger partial charge in [-0.25, -0.2) is 4.98 Å². The van der Waals surface area contributed by atoms with Crippen LogP contribution in [0.15, 0.2) is 30.5 Å². The summed E-state index contributed by atoms with van der Waals surface area (Å²) >= 11 is 5.85. The largest absolute Gasteiger partial charge is 0.472 e.